The second-order valence-electron chi connectivity index (χ2n) is 7.07. The van der Waals surface area contributed by atoms with Crippen molar-refractivity contribution in [2.24, 2.45) is 5.73 Å². The third-order valence-corrected chi connectivity index (χ3v) is 7.81. The largest absolute Gasteiger partial charge is 0.378 e. The van der Waals surface area contributed by atoms with Gasteiger partial charge in [0, 0.05) is 19.7 Å². The molecule has 1 aromatic carbocycles. The highest BCUT2D eigenvalue weighted by Gasteiger charge is 2.33. The zero-order valence-electron chi connectivity index (χ0n) is 16.6. The van der Waals surface area contributed by atoms with Crippen LogP contribution in [0.5, 0.6) is 0 Å². The molecule has 0 aliphatic carbocycles. The maximum Gasteiger partial charge on any atom is 0.243 e. The summed E-state index contributed by atoms with van der Waals surface area (Å²) >= 11 is 0. The predicted molar refractivity (Wildman–Crippen MR) is 109 cm³/mol. The van der Waals surface area contributed by atoms with Crippen molar-refractivity contribution in [1.29, 1.82) is 0 Å². The van der Waals surface area contributed by atoms with E-state index in [9.17, 15) is 8.42 Å². The minimum Gasteiger partial charge on any atom is -0.378 e. The fraction of sp³-hybridized carbons (Fsp3) is 0.684. The highest BCUT2D eigenvalue weighted by molar-refractivity contribution is 7.89. The SMILES string of the molecule is Cc1c(C)c(C)c(S(=O)(=O)N2CCC(OCCCN)CC2)c(C)c1C.Cl. The van der Waals surface area contributed by atoms with Gasteiger partial charge in [-0.25, -0.2) is 8.42 Å². The number of halogens is 1. The molecular weight excluding hydrogens is 372 g/mol. The quantitative estimate of drug-likeness (QED) is 0.739. The van der Waals surface area contributed by atoms with Crippen molar-refractivity contribution in [1.82, 2.24) is 4.31 Å². The lowest BCUT2D eigenvalue weighted by Crippen LogP contribution is -2.41. The van der Waals surface area contributed by atoms with E-state index in [1.54, 1.807) is 4.31 Å². The maximum absolute atomic E-state index is 13.3. The van der Waals surface area contributed by atoms with Crippen molar-refractivity contribution in [2.45, 2.75) is 64.9 Å². The van der Waals surface area contributed by atoms with E-state index in [1.165, 1.54) is 5.56 Å². The lowest BCUT2D eigenvalue weighted by Gasteiger charge is -2.32. The average Bonchev–Trinajstić information content (AvgIpc) is 2.59. The van der Waals surface area contributed by atoms with E-state index in [0.29, 0.717) is 31.1 Å². The van der Waals surface area contributed by atoms with Crippen LogP contribution in [0, 0.1) is 34.6 Å². The van der Waals surface area contributed by atoms with Gasteiger partial charge in [0.25, 0.3) is 0 Å². The topological polar surface area (TPSA) is 72.6 Å². The molecule has 1 saturated heterocycles. The molecule has 1 aromatic rings. The van der Waals surface area contributed by atoms with E-state index >= 15 is 0 Å². The molecule has 1 aliphatic heterocycles. The molecule has 0 spiro atoms. The van der Waals surface area contributed by atoms with Crippen molar-refractivity contribution in [2.75, 3.05) is 26.2 Å². The van der Waals surface area contributed by atoms with Crippen molar-refractivity contribution < 1.29 is 13.2 Å². The molecule has 1 heterocycles. The Hall–Kier alpha value is -0.660. The van der Waals surface area contributed by atoms with Gasteiger partial charge in [0.2, 0.25) is 10.0 Å². The van der Waals surface area contributed by atoms with Crippen molar-refractivity contribution in [3.8, 4) is 0 Å². The Labute approximate surface area is 164 Å². The zero-order valence-corrected chi connectivity index (χ0v) is 18.2. The Morgan fingerprint density at radius 1 is 0.962 bits per heavy atom. The number of piperidine rings is 1. The van der Waals surface area contributed by atoms with E-state index in [1.807, 2.05) is 27.7 Å². The summed E-state index contributed by atoms with van der Waals surface area (Å²) in [6.45, 7) is 12.2. The first-order chi connectivity index (χ1) is 11.7. The summed E-state index contributed by atoms with van der Waals surface area (Å²) in [7, 11) is -3.48. The van der Waals surface area contributed by atoms with Crippen LogP contribution in [-0.2, 0) is 14.8 Å². The molecule has 7 heteroatoms. The number of benzene rings is 1. The van der Waals surface area contributed by atoms with Crippen LogP contribution >= 0.6 is 12.4 Å². The minimum atomic E-state index is -3.48. The smallest absolute Gasteiger partial charge is 0.243 e. The van der Waals surface area contributed by atoms with Crippen LogP contribution < -0.4 is 5.73 Å². The highest BCUT2D eigenvalue weighted by atomic mass is 35.5. The van der Waals surface area contributed by atoms with Crippen LogP contribution in [0.25, 0.3) is 0 Å². The minimum absolute atomic E-state index is 0. The molecule has 150 valence electrons. The molecule has 2 N–H and O–H groups in total. The van der Waals surface area contributed by atoms with Crippen molar-refractivity contribution in [3.05, 3.63) is 27.8 Å². The van der Waals surface area contributed by atoms with Gasteiger partial charge in [-0.1, -0.05) is 0 Å². The van der Waals surface area contributed by atoms with Crippen LogP contribution in [-0.4, -0.2) is 45.1 Å². The number of hydrogen-bond donors (Lipinski definition) is 1. The van der Waals surface area contributed by atoms with Crippen LogP contribution in [0.1, 0.15) is 47.1 Å². The summed E-state index contributed by atoms with van der Waals surface area (Å²) < 4.78 is 34.0. The normalized spacial score (nSPS) is 16.5. The third kappa shape index (κ3) is 4.60. The molecule has 0 unspecified atom stereocenters. The van der Waals surface area contributed by atoms with E-state index in [0.717, 1.165) is 41.5 Å². The van der Waals surface area contributed by atoms with E-state index in [2.05, 4.69) is 6.92 Å². The second kappa shape index (κ2) is 9.51. The van der Waals surface area contributed by atoms with Crippen LogP contribution in [0.3, 0.4) is 0 Å². The average molecular weight is 405 g/mol. The molecule has 0 aromatic heterocycles. The number of nitrogens with two attached hydrogens (primary N) is 1. The monoisotopic (exact) mass is 404 g/mol. The molecule has 0 radical (unpaired) electrons. The summed E-state index contributed by atoms with van der Waals surface area (Å²) in [6.07, 6.45) is 2.47. The summed E-state index contributed by atoms with van der Waals surface area (Å²) in [5, 5.41) is 0. The van der Waals surface area contributed by atoms with Gasteiger partial charge in [0.1, 0.15) is 0 Å². The summed E-state index contributed by atoms with van der Waals surface area (Å²) in [5.41, 5.74) is 10.6. The first kappa shape index (κ1) is 23.4. The summed E-state index contributed by atoms with van der Waals surface area (Å²) in [4.78, 5) is 0.496. The lowest BCUT2D eigenvalue weighted by atomic mass is 9.95. The second-order valence-corrected chi connectivity index (χ2v) is 8.95. The number of nitrogens with zero attached hydrogens (tertiary/aromatic N) is 1. The third-order valence-electron chi connectivity index (χ3n) is 5.63. The molecule has 2 rings (SSSR count). The highest BCUT2D eigenvalue weighted by Crippen LogP contribution is 2.32. The van der Waals surface area contributed by atoms with Gasteiger partial charge in [0.15, 0.2) is 0 Å². The zero-order chi connectivity index (χ0) is 18.8. The number of sulfonamides is 1. The number of hydrogen-bond acceptors (Lipinski definition) is 4. The van der Waals surface area contributed by atoms with Crippen molar-refractivity contribution >= 4 is 22.4 Å². The van der Waals surface area contributed by atoms with Crippen molar-refractivity contribution in [3.63, 3.8) is 0 Å². The summed E-state index contributed by atoms with van der Waals surface area (Å²) in [5.74, 6) is 0. The van der Waals surface area contributed by atoms with Gasteiger partial charge in [0.05, 0.1) is 11.0 Å². The molecule has 26 heavy (non-hydrogen) atoms. The molecular formula is C19H33ClN2O3S. The van der Waals surface area contributed by atoms with E-state index < -0.39 is 10.0 Å². The van der Waals surface area contributed by atoms with Gasteiger partial charge in [-0.05, 0) is 88.2 Å². The predicted octanol–water partition coefficient (Wildman–Crippen LogP) is 3.17. The Balaban J connectivity index is 0.00000338. The first-order valence-corrected chi connectivity index (χ1v) is 10.5. The number of rotatable bonds is 6. The summed E-state index contributed by atoms with van der Waals surface area (Å²) in [6, 6.07) is 0. The fourth-order valence-corrected chi connectivity index (χ4v) is 5.58. The fourth-order valence-electron chi connectivity index (χ4n) is 3.55. The van der Waals surface area contributed by atoms with E-state index in [-0.39, 0.29) is 18.5 Å². The van der Waals surface area contributed by atoms with Gasteiger partial charge in [-0.2, -0.15) is 4.31 Å². The van der Waals surface area contributed by atoms with Crippen LogP contribution in [0.2, 0.25) is 0 Å². The maximum atomic E-state index is 13.3. The Morgan fingerprint density at radius 2 is 1.42 bits per heavy atom. The molecule has 0 saturated carbocycles. The van der Waals surface area contributed by atoms with E-state index in [4.69, 9.17) is 10.5 Å². The molecule has 0 amide bonds. The van der Waals surface area contributed by atoms with Gasteiger partial charge in [-0.3, -0.25) is 0 Å². The standard InChI is InChI=1S/C19H32N2O3S.ClH/c1-13-14(2)16(4)19(17(5)15(13)3)25(22,23)21-10-7-18(8-11-21)24-12-6-9-20;/h18H,6-12,20H2,1-5H3;1H. The molecule has 0 bridgehead atoms. The van der Waals surface area contributed by atoms with Gasteiger partial charge >= 0.3 is 0 Å². The Kier molecular flexibility index (Phi) is 8.55. The molecule has 1 fully saturated rings. The van der Waals surface area contributed by atoms with Gasteiger partial charge < -0.3 is 10.5 Å². The molecule has 1 aliphatic rings. The molecule has 0 atom stereocenters. The van der Waals surface area contributed by atoms with Crippen LogP contribution in [0.4, 0.5) is 0 Å². The molecule has 5 nitrogen and oxygen atoms in total. The number of ether oxygens (including phenoxy) is 1. The lowest BCUT2D eigenvalue weighted by molar-refractivity contribution is 0.0209. The van der Waals surface area contributed by atoms with Crippen LogP contribution in [0.15, 0.2) is 4.90 Å². The Morgan fingerprint density at radius 3 is 1.88 bits per heavy atom. The van der Waals surface area contributed by atoms with Gasteiger partial charge in [-0.15, -0.1) is 12.4 Å². The first-order valence-electron chi connectivity index (χ1n) is 9.10. The Bertz CT molecular complexity index is 698.